The Bertz CT molecular complexity index is 805. The van der Waals surface area contributed by atoms with Crippen molar-refractivity contribution in [3.63, 3.8) is 0 Å². The number of amides is 1. The van der Waals surface area contributed by atoms with E-state index in [4.69, 9.17) is 0 Å². The van der Waals surface area contributed by atoms with Gasteiger partial charge in [-0.2, -0.15) is 0 Å². The molecule has 0 fully saturated rings. The maximum Gasteiger partial charge on any atom is 0.280 e. The Morgan fingerprint density at radius 2 is 1.88 bits per heavy atom. The zero-order chi connectivity index (χ0) is 17.6. The van der Waals surface area contributed by atoms with Gasteiger partial charge in [-0.15, -0.1) is 12.4 Å². The highest BCUT2D eigenvalue weighted by Crippen LogP contribution is 2.29. The number of para-hydroxylation sites is 1. The highest BCUT2D eigenvalue weighted by atomic mass is 35.5. The summed E-state index contributed by atoms with van der Waals surface area (Å²) in [6, 6.07) is 7.92. The highest BCUT2D eigenvalue weighted by Gasteiger charge is 2.22. The summed E-state index contributed by atoms with van der Waals surface area (Å²) in [7, 11) is 0. The maximum atomic E-state index is 13.0. The van der Waals surface area contributed by atoms with Crippen molar-refractivity contribution in [2.24, 2.45) is 0 Å². The predicted octanol–water partition coefficient (Wildman–Crippen LogP) is 3.50. The van der Waals surface area contributed by atoms with Crippen molar-refractivity contribution in [1.82, 2.24) is 19.9 Å². The number of benzene rings is 1. The average molecular weight is 392 g/mol. The second kappa shape index (κ2) is 9.56. The van der Waals surface area contributed by atoms with Gasteiger partial charge in [-0.1, -0.05) is 37.3 Å². The summed E-state index contributed by atoms with van der Waals surface area (Å²) < 4.78 is 1.07. The normalized spacial score (nSPS) is 10.7. The van der Waals surface area contributed by atoms with Crippen LogP contribution in [0.3, 0.4) is 0 Å². The summed E-state index contributed by atoms with van der Waals surface area (Å²) >= 11 is 1.52. The quantitative estimate of drug-likeness (QED) is 0.616. The molecule has 2 aromatic heterocycles. The zero-order valence-electron chi connectivity index (χ0n) is 14.8. The number of aromatic nitrogens is 3. The minimum absolute atomic E-state index is 0. The molecule has 0 atom stereocenters. The van der Waals surface area contributed by atoms with Gasteiger partial charge in [0.1, 0.15) is 5.69 Å². The lowest BCUT2D eigenvalue weighted by Crippen LogP contribution is -2.39. The molecular weight excluding hydrogens is 370 g/mol. The van der Waals surface area contributed by atoms with Crippen LogP contribution in [0.5, 0.6) is 0 Å². The minimum Gasteiger partial charge on any atom is -0.302 e. The summed E-state index contributed by atoms with van der Waals surface area (Å²) in [5.74, 6) is -0.167. The number of halogens is 1. The lowest BCUT2D eigenvalue weighted by atomic mass is 10.3. The average Bonchev–Trinajstić information content (AvgIpc) is 3.09. The molecule has 138 valence electrons. The van der Waals surface area contributed by atoms with E-state index < -0.39 is 0 Å². The molecule has 0 radical (unpaired) electrons. The fraction of sp³-hybridized carbons (Fsp3) is 0.333. The first kappa shape index (κ1) is 20.2. The molecule has 26 heavy (non-hydrogen) atoms. The van der Waals surface area contributed by atoms with Gasteiger partial charge >= 0.3 is 0 Å². The molecule has 3 aromatic rings. The number of fused-ring (bicyclic) bond motifs is 1. The van der Waals surface area contributed by atoms with E-state index in [0.717, 1.165) is 29.9 Å². The Morgan fingerprint density at radius 3 is 2.54 bits per heavy atom. The molecule has 0 spiro atoms. The van der Waals surface area contributed by atoms with E-state index in [9.17, 15) is 4.79 Å². The second-order valence-corrected chi connectivity index (χ2v) is 6.55. The Labute approximate surface area is 163 Å². The smallest absolute Gasteiger partial charge is 0.280 e. The lowest BCUT2D eigenvalue weighted by Gasteiger charge is -2.24. The zero-order valence-corrected chi connectivity index (χ0v) is 16.5. The van der Waals surface area contributed by atoms with Crippen molar-refractivity contribution in [2.45, 2.75) is 13.8 Å². The van der Waals surface area contributed by atoms with Crippen molar-refractivity contribution >= 4 is 45.0 Å². The number of anilines is 1. The first-order valence-electron chi connectivity index (χ1n) is 8.38. The fourth-order valence-electron chi connectivity index (χ4n) is 2.59. The number of carbonyl (C=O) groups is 1. The van der Waals surface area contributed by atoms with Crippen molar-refractivity contribution in [3.8, 4) is 0 Å². The second-order valence-electron chi connectivity index (χ2n) is 5.54. The van der Waals surface area contributed by atoms with Crippen molar-refractivity contribution in [2.75, 3.05) is 31.1 Å². The molecular formula is C18H22ClN5OS. The number of carbonyl (C=O) groups excluding carboxylic acids is 1. The van der Waals surface area contributed by atoms with E-state index in [1.807, 2.05) is 24.3 Å². The third kappa shape index (κ3) is 4.55. The van der Waals surface area contributed by atoms with Crippen molar-refractivity contribution in [1.29, 1.82) is 0 Å². The van der Waals surface area contributed by atoms with Crippen LogP contribution in [0.4, 0.5) is 5.13 Å². The fourth-order valence-corrected chi connectivity index (χ4v) is 3.58. The van der Waals surface area contributed by atoms with Crippen LogP contribution in [-0.4, -0.2) is 51.9 Å². The van der Waals surface area contributed by atoms with Crippen LogP contribution in [-0.2, 0) is 0 Å². The predicted molar refractivity (Wildman–Crippen MR) is 108 cm³/mol. The van der Waals surface area contributed by atoms with Crippen LogP contribution in [0, 0.1) is 0 Å². The van der Waals surface area contributed by atoms with Crippen molar-refractivity contribution < 1.29 is 4.79 Å². The van der Waals surface area contributed by atoms with Crippen LogP contribution in [0.25, 0.3) is 10.2 Å². The van der Waals surface area contributed by atoms with Crippen LogP contribution in [0.2, 0.25) is 0 Å². The van der Waals surface area contributed by atoms with Gasteiger partial charge in [0.25, 0.3) is 5.91 Å². The molecule has 2 heterocycles. The van der Waals surface area contributed by atoms with Gasteiger partial charge in [-0.3, -0.25) is 14.7 Å². The lowest BCUT2D eigenvalue weighted by molar-refractivity contribution is 0.0978. The summed E-state index contributed by atoms with van der Waals surface area (Å²) in [5, 5.41) is 0.698. The van der Waals surface area contributed by atoms with Gasteiger partial charge in [0.15, 0.2) is 5.13 Å². The maximum absolute atomic E-state index is 13.0. The third-order valence-corrected chi connectivity index (χ3v) is 5.13. The summed E-state index contributed by atoms with van der Waals surface area (Å²) in [5.41, 5.74) is 1.24. The number of nitrogens with zero attached hydrogens (tertiary/aromatic N) is 5. The number of likely N-dealkylation sites (N-methyl/N-ethyl adjacent to an activating group) is 1. The highest BCUT2D eigenvalue weighted by molar-refractivity contribution is 7.22. The van der Waals surface area contributed by atoms with E-state index in [-0.39, 0.29) is 18.3 Å². The van der Waals surface area contributed by atoms with E-state index in [1.165, 1.54) is 23.7 Å². The van der Waals surface area contributed by atoms with E-state index >= 15 is 0 Å². The van der Waals surface area contributed by atoms with E-state index in [2.05, 4.69) is 33.7 Å². The minimum atomic E-state index is -0.167. The van der Waals surface area contributed by atoms with Gasteiger partial charge in [0.2, 0.25) is 0 Å². The van der Waals surface area contributed by atoms with Crippen LogP contribution in [0.15, 0.2) is 42.9 Å². The SMILES string of the molecule is CCN(CC)CCN(C(=O)c1cnccn1)c1nc2ccccc2s1.Cl. The van der Waals surface area contributed by atoms with Crippen LogP contribution >= 0.6 is 23.7 Å². The molecule has 0 aliphatic rings. The largest absolute Gasteiger partial charge is 0.302 e. The first-order chi connectivity index (χ1) is 12.2. The molecule has 0 saturated carbocycles. The number of thiazole rings is 1. The molecule has 0 aliphatic carbocycles. The Morgan fingerprint density at radius 1 is 1.12 bits per heavy atom. The molecule has 0 N–H and O–H groups in total. The van der Waals surface area contributed by atoms with Gasteiger partial charge < -0.3 is 4.90 Å². The first-order valence-corrected chi connectivity index (χ1v) is 9.20. The Hall–Kier alpha value is -2.09. The number of hydrogen-bond acceptors (Lipinski definition) is 6. The Balaban J connectivity index is 0.00000243. The standard InChI is InChI=1S/C18H21N5OS.ClH/c1-3-22(4-2)11-12-23(17(24)15-13-19-9-10-20-15)18-21-14-7-5-6-8-16(14)25-18;/h5-10,13H,3-4,11-12H2,1-2H3;1H. The molecule has 0 aliphatic heterocycles. The molecule has 0 saturated heterocycles. The number of rotatable bonds is 7. The van der Waals surface area contributed by atoms with Crippen LogP contribution in [0.1, 0.15) is 24.3 Å². The molecule has 0 bridgehead atoms. The summed E-state index contributed by atoms with van der Waals surface area (Å²) in [6.07, 6.45) is 4.60. The summed E-state index contributed by atoms with van der Waals surface area (Å²) in [6.45, 7) is 7.49. The van der Waals surface area contributed by atoms with Crippen molar-refractivity contribution in [3.05, 3.63) is 48.5 Å². The van der Waals surface area contributed by atoms with Gasteiger partial charge in [0, 0.05) is 25.5 Å². The number of hydrogen-bond donors (Lipinski definition) is 0. The monoisotopic (exact) mass is 391 g/mol. The van der Waals surface area contributed by atoms with E-state index in [0.29, 0.717) is 17.4 Å². The summed E-state index contributed by atoms with van der Waals surface area (Å²) in [4.78, 5) is 29.8. The molecule has 8 heteroatoms. The topological polar surface area (TPSA) is 62.2 Å². The third-order valence-electron chi connectivity index (χ3n) is 4.08. The Kier molecular flexibility index (Phi) is 7.44. The molecule has 1 amide bonds. The van der Waals surface area contributed by atoms with E-state index in [1.54, 1.807) is 11.1 Å². The van der Waals surface area contributed by atoms with Gasteiger partial charge in [-0.25, -0.2) is 9.97 Å². The van der Waals surface area contributed by atoms with Crippen LogP contribution < -0.4 is 4.90 Å². The molecule has 3 rings (SSSR count). The molecule has 0 unspecified atom stereocenters. The van der Waals surface area contributed by atoms with Gasteiger partial charge in [-0.05, 0) is 25.2 Å². The molecule has 1 aromatic carbocycles. The van der Waals surface area contributed by atoms with Gasteiger partial charge in [0.05, 0.1) is 16.4 Å². The molecule has 6 nitrogen and oxygen atoms in total.